The van der Waals surface area contributed by atoms with E-state index in [2.05, 4.69) is 24.3 Å². The highest BCUT2D eigenvalue weighted by Crippen LogP contribution is 2.26. The summed E-state index contributed by atoms with van der Waals surface area (Å²) in [5.41, 5.74) is 0.891. The summed E-state index contributed by atoms with van der Waals surface area (Å²) in [4.78, 5) is 2.22. The Bertz CT molecular complexity index is 357. The maximum atomic E-state index is 13.6. The maximum absolute atomic E-state index is 13.6. The first-order chi connectivity index (χ1) is 7.64. The summed E-state index contributed by atoms with van der Waals surface area (Å²) in [6.45, 7) is 1.96. The molecular formula is C13H19FN2. The zero-order valence-corrected chi connectivity index (χ0v) is 9.96. The molecule has 88 valence electrons. The van der Waals surface area contributed by atoms with Crippen LogP contribution in [0.1, 0.15) is 12.0 Å². The molecule has 1 atom stereocenters. The van der Waals surface area contributed by atoms with Gasteiger partial charge in [-0.3, -0.25) is 0 Å². The van der Waals surface area contributed by atoms with Crippen LogP contribution in [0.25, 0.3) is 0 Å². The average Bonchev–Trinajstić information content (AvgIpc) is 2.71. The highest BCUT2D eigenvalue weighted by atomic mass is 19.1. The van der Waals surface area contributed by atoms with E-state index in [1.165, 1.54) is 0 Å². The topological polar surface area (TPSA) is 15.3 Å². The maximum Gasteiger partial charge on any atom is 0.126 e. The molecule has 0 aliphatic carbocycles. The number of hydrogen-bond acceptors (Lipinski definition) is 2. The minimum absolute atomic E-state index is 0.0716. The van der Waals surface area contributed by atoms with E-state index < -0.39 is 0 Å². The molecule has 1 unspecified atom stereocenters. The quantitative estimate of drug-likeness (QED) is 0.836. The van der Waals surface area contributed by atoms with Gasteiger partial charge in [0.05, 0.1) is 0 Å². The first kappa shape index (κ1) is 11.6. The van der Waals surface area contributed by atoms with E-state index in [9.17, 15) is 4.39 Å². The Hall–Kier alpha value is -0.930. The van der Waals surface area contributed by atoms with Crippen LogP contribution in [0.2, 0.25) is 0 Å². The van der Waals surface area contributed by atoms with Crippen LogP contribution in [-0.2, 0) is 6.42 Å². The number of nitrogens with one attached hydrogen (secondary N) is 1. The highest BCUT2D eigenvalue weighted by Gasteiger charge is 2.36. The summed E-state index contributed by atoms with van der Waals surface area (Å²) in [6.07, 6.45) is 1.86. The van der Waals surface area contributed by atoms with Gasteiger partial charge < -0.3 is 10.2 Å². The Morgan fingerprint density at radius 2 is 2.12 bits per heavy atom. The molecule has 0 amide bonds. The largest absolute Gasteiger partial charge is 0.315 e. The molecule has 1 aromatic rings. The van der Waals surface area contributed by atoms with Gasteiger partial charge in [-0.25, -0.2) is 4.39 Å². The van der Waals surface area contributed by atoms with Crippen LogP contribution < -0.4 is 5.32 Å². The molecule has 1 aliphatic heterocycles. The van der Waals surface area contributed by atoms with E-state index in [1.807, 2.05) is 12.1 Å². The number of rotatable bonds is 3. The second kappa shape index (κ2) is 4.52. The smallest absolute Gasteiger partial charge is 0.126 e. The van der Waals surface area contributed by atoms with Crippen molar-refractivity contribution < 1.29 is 4.39 Å². The molecule has 1 aromatic carbocycles. The van der Waals surface area contributed by atoms with Crippen molar-refractivity contribution >= 4 is 0 Å². The summed E-state index contributed by atoms with van der Waals surface area (Å²) in [7, 11) is 4.15. The van der Waals surface area contributed by atoms with E-state index in [4.69, 9.17) is 0 Å². The third-order valence-corrected chi connectivity index (χ3v) is 3.65. The zero-order valence-electron chi connectivity index (χ0n) is 9.96. The van der Waals surface area contributed by atoms with Crippen molar-refractivity contribution in [1.82, 2.24) is 10.2 Å². The minimum Gasteiger partial charge on any atom is -0.315 e. The molecule has 1 heterocycles. The lowest BCUT2D eigenvalue weighted by atomic mass is 9.88. The van der Waals surface area contributed by atoms with Gasteiger partial charge >= 0.3 is 0 Å². The predicted octanol–water partition coefficient (Wildman–Crippen LogP) is 1.66. The summed E-state index contributed by atoms with van der Waals surface area (Å²) < 4.78 is 13.6. The van der Waals surface area contributed by atoms with Gasteiger partial charge in [-0.15, -0.1) is 0 Å². The number of likely N-dealkylation sites (N-methyl/N-ethyl adjacent to an activating group) is 1. The van der Waals surface area contributed by atoms with Crippen molar-refractivity contribution in [3.63, 3.8) is 0 Å². The molecule has 0 aromatic heterocycles. The SMILES string of the molecule is CN(C)C1(Cc2ccccc2F)CCNC1. The van der Waals surface area contributed by atoms with Crippen molar-refractivity contribution in [1.29, 1.82) is 0 Å². The Kier molecular flexibility index (Phi) is 3.26. The van der Waals surface area contributed by atoms with Crippen LogP contribution in [0.4, 0.5) is 4.39 Å². The van der Waals surface area contributed by atoms with E-state index in [0.717, 1.165) is 31.5 Å². The van der Waals surface area contributed by atoms with Gasteiger partial charge in [-0.2, -0.15) is 0 Å². The Labute approximate surface area is 96.5 Å². The molecule has 16 heavy (non-hydrogen) atoms. The molecular weight excluding hydrogens is 203 g/mol. The molecule has 0 radical (unpaired) electrons. The van der Waals surface area contributed by atoms with Gasteiger partial charge in [0.2, 0.25) is 0 Å². The molecule has 1 aliphatic rings. The molecule has 2 rings (SSSR count). The second-order valence-electron chi connectivity index (χ2n) is 4.81. The fraction of sp³-hybridized carbons (Fsp3) is 0.538. The lowest BCUT2D eigenvalue weighted by Gasteiger charge is -2.36. The van der Waals surface area contributed by atoms with Crippen LogP contribution in [-0.4, -0.2) is 37.6 Å². The molecule has 2 nitrogen and oxygen atoms in total. The van der Waals surface area contributed by atoms with E-state index in [1.54, 1.807) is 12.1 Å². The number of halogens is 1. The third kappa shape index (κ3) is 2.11. The van der Waals surface area contributed by atoms with Crippen LogP contribution in [0.15, 0.2) is 24.3 Å². The van der Waals surface area contributed by atoms with Crippen LogP contribution in [0.5, 0.6) is 0 Å². The molecule has 3 heteroatoms. The van der Waals surface area contributed by atoms with Gasteiger partial charge in [0.1, 0.15) is 5.82 Å². The first-order valence-electron chi connectivity index (χ1n) is 5.76. The first-order valence-corrected chi connectivity index (χ1v) is 5.76. The third-order valence-electron chi connectivity index (χ3n) is 3.65. The van der Waals surface area contributed by atoms with Crippen molar-refractivity contribution in [2.75, 3.05) is 27.2 Å². The second-order valence-corrected chi connectivity index (χ2v) is 4.81. The van der Waals surface area contributed by atoms with Crippen LogP contribution in [0, 0.1) is 5.82 Å². The lowest BCUT2D eigenvalue weighted by Crippen LogP contribution is -2.48. The normalized spacial score (nSPS) is 25.2. The van der Waals surface area contributed by atoms with E-state index in [-0.39, 0.29) is 11.4 Å². The highest BCUT2D eigenvalue weighted by molar-refractivity contribution is 5.21. The summed E-state index contributed by atoms with van der Waals surface area (Å²) in [5.74, 6) is -0.0874. The molecule has 0 bridgehead atoms. The van der Waals surface area contributed by atoms with Gasteiger partial charge in [-0.05, 0) is 45.1 Å². The van der Waals surface area contributed by atoms with Crippen LogP contribution >= 0.6 is 0 Å². The monoisotopic (exact) mass is 222 g/mol. The average molecular weight is 222 g/mol. The standard InChI is InChI=1S/C13H19FN2/c1-16(2)13(7-8-15-10-13)9-11-5-3-4-6-12(11)14/h3-6,15H,7-10H2,1-2H3. The number of hydrogen-bond donors (Lipinski definition) is 1. The Balaban J connectivity index is 2.21. The van der Waals surface area contributed by atoms with Crippen LogP contribution in [0.3, 0.4) is 0 Å². The summed E-state index contributed by atoms with van der Waals surface area (Å²) >= 11 is 0. The minimum atomic E-state index is -0.0874. The van der Waals surface area contributed by atoms with E-state index in [0.29, 0.717) is 0 Å². The number of benzene rings is 1. The molecule has 0 saturated carbocycles. The Morgan fingerprint density at radius 3 is 2.69 bits per heavy atom. The lowest BCUT2D eigenvalue weighted by molar-refractivity contribution is 0.171. The van der Waals surface area contributed by atoms with Crippen molar-refractivity contribution in [2.45, 2.75) is 18.4 Å². The summed E-state index contributed by atoms with van der Waals surface area (Å²) in [5, 5.41) is 3.37. The van der Waals surface area contributed by atoms with Crippen molar-refractivity contribution in [3.05, 3.63) is 35.6 Å². The molecule has 1 saturated heterocycles. The van der Waals surface area contributed by atoms with Gasteiger partial charge in [0.15, 0.2) is 0 Å². The fourth-order valence-electron chi connectivity index (χ4n) is 2.42. The molecule has 1 N–H and O–H groups in total. The number of nitrogens with zero attached hydrogens (tertiary/aromatic N) is 1. The van der Waals surface area contributed by atoms with Gasteiger partial charge in [0.25, 0.3) is 0 Å². The van der Waals surface area contributed by atoms with Crippen molar-refractivity contribution in [2.24, 2.45) is 0 Å². The molecule has 1 fully saturated rings. The Morgan fingerprint density at radius 1 is 1.38 bits per heavy atom. The predicted molar refractivity (Wildman–Crippen MR) is 64.0 cm³/mol. The zero-order chi connectivity index (χ0) is 11.6. The van der Waals surface area contributed by atoms with Gasteiger partial charge in [-0.1, -0.05) is 18.2 Å². The fourth-order valence-corrected chi connectivity index (χ4v) is 2.42. The van der Waals surface area contributed by atoms with Crippen molar-refractivity contribution in [3.8, 4) is 0 Å². The molecule has 0 spiro atoms. The van der Waals surface area contributed by atoms with E-state index >= 15 is 0 Å². The summed E-state index contributed by atoms with van der Waals surface area (Å²) in [6, 6.07) is 7.08. The van der Waals surface area contributed by atoms with Gasteiger partial charge in [0, 0.05) is 12.1 Å².